The molecule has 0 aromatic heterocycles. The number of hydrogen-bond acceptors (Lipinski definition) is 5. The van der Waals surface area contributed by atoms with E-state index in [9.17, 15) is 14.4 Å². The van der Waals surface area contributed by atoms with Crippen molar-refractivity contribution >= 4 is 29.4 Å². The first-order valence-corrected chi connectivity index (χ1v) is 7.55. The van der Waals surface area contributed by atoms with Gasteiger partial charge in [0.1, 0.15) is 5.75 Å². The zero-order valence-electron chi connectivity index (χ0n) is 12.3. The minimum atomic E-state index is -0.613. The van der Waals surface area contributed by atoms with Gasteiger partial charge < -0.3 is 9.47 Å². The van der Waals surface area contributed by atoms with Gasteiger partial charge in [0, 0.05) is 5.02 Å². The summed E-state index contributed by atoms with van der Waals surface area (Å²) in [5, 5.41) is 0.561. The van der Waals surface area contributed by atoms with Crippen LogP contribution in [-0.4, -0.2) is 31.0 Å². The summed E-state index contributed by atoms with van der Waals surface area (Å²) in [7, 11) is 0. The van der Waals surface area contributed by atoms with Crippen LogP contribution in [0.15, 0.2) is 24.3 Å². The highest BCUT2D eigenvalue weighted by atomic mass is 35.5. The van der Waals surface area contributed by atoms with Gasteiger partial charge in [-0.3, -0.25) is 25.2 Å². The number of carbonyl (C=O) groups excluding carboxylic acids is 3. The molecular formula is C15H17ClN2O5. The largest absolute Gasteiger partial charge is 0.484 e. The van der Waals surface area contributed by atoms with Gasteiger partial charge in [-0.05, 0) is 37.1 Å². The van der Waals surface area contributed by atoms with E-state index in [1.165, 1.54) is 0 Å². The number of nitrogens with one attached hydrogen (secondary N) is 2. The molecule has 0 radical (unpaired) electrons. The third-order valence-electron chi connectivity index (χ3n) is 3.31. The molecular weight excluding hydrogens is 324 g/mol. The van der Waals surface area contributed by atoms with Crippen LogP contribution in [0.3, 0.4) is 0 Å². The topological polar surface area (TPSA) is 93.7 Å². The van der Waals surface area contributed by atoms with Gasteiger partial charge in [-0.15, -0.1) is 0 Å². The summed E-state index contributed by atoms with van der Waals surface area (Å²) in [6, 6.07) is 6.50. The Morgan fingerprint density at radius 3 is 2.22 bits per heavy atom. The van der Waals surface area contributed by atoms with Crippen molar-refractivity contribution in [2.75, 3.05) is 13.2 Å². The van der Waals surface area contributed by atoms with Crippen molar-refractivity contribution in [3.63, 3.8) is 0 Å². The number of ether oxygens (including phenoxy) is 2. The maximum atomic E-state index is 11.5. The van der Waals surface area contributed by atoms with Gasteiger partial charge in [0.25, 0.3) is 11.8 Å². The first-order chi connectivity index (χ1) is 11.0. The summed E-state index contributed by atoms with van der Waals surface area (Å²) < 4.78 is 10.0. The molecule has 0 saturated heterocycles. The van der Waals surface area contributed by atoms with Crippen LogP contribution < -0.4 is 15.6 Å². The Balaban J connectivity index is 1.58. The predicted octanol–water partition coefficient (Wildman–Crippen LogP) is 1.21. The molecule has 2 rings (SSSR count). The van der Waals surface area contributed by atoms with Crippen molar-refractivity contribution in [1.82, 2.24) is 10.9 Å². The number of amides is 2. The van der Waals surface area contributed by atoms with E-state index in [2.05, 4.69) is 10.9 Å². The number of benzene rings is 1. The Morgan fingerprint density at radius 1 is 1.04 bits per heavy atom. The van der Waals surface area contributed by atoms with Gasteiger partial charge in [-0.25, -0.2) is 0 Å². The predicted molar refractivity (Wildman–Crippen MR) is 81.5 cm³/mol. The van der Waals surface area contributed by atoms with E-state index in [4.69, 9.17) is 21.1 Å². The van der Waals surface area contributed by atoms with Crippen LogP contribution in [0.1, 0.15) is 19.3 Å². The fraction of sp³-hybridized carbons (Fsp3) is 0.400. The second-order valence-electron chi connectivity index (χ2n) is 5.07. The van der Waals surface area contributed by atoms with E-state index in [1.54, 1.807) is 24.3 Å². The van der Waals surface area contributed by atoms with Crippen LogP contribution in [0, 0.1) is 5.92 Å². The Bertz CT molecular complexity index is 572. The molecule has 1 aromatic carbocycles. The molecule has 0 unspecified atom stereocenters. The molecule has 1 aromatic rings. The second-order valence-corrected chi connectivity index (χ2v) is 5.51. The zero-order valence-corrected chi connectivity index (χ0v) is 13.1. The number of hydrogen-bond donors (Lipinski definition) is 2. The molecule has 1 saturated carbocycles. The third-order valence-corrected chi connectivity index (χ3v) is 3.56. The fourth-order valence-electron chi connectivity index (χ4n) is 1.79. The lowest BCUT2D eigenvalue weighted by Gasteiger charge is -2.22. The average Bonchev–Trinajstić information content (AvgIpc) is 2.48. The Hall–Kier alpha value is -2.28. The van der Waals surface area contributed by atoms with Crippen molar-refractivity contribution in [2.24, 2.45) is 5.92 Å². The number of hydrazine groups is 1. The van der Waals surface area contributed by atoms with Crippen molar-refractivity contribution in [2.45, 2.75) is 19.3 Å². The van der Waals surface area contributed by atoms with E-state index < -0.39 is 18.4 Å². The van der Waals surface area contributed by atoms with Gasteiger partial charge in [0.05, 0.1) is 5.92 Å². The van der Waals surface area contributed by atoms with E-state index in [1.807, 2.05) is 0 Å². The summed E-state index contributed by atoms with van der Waals surface area (Å²) in [5.41, 5.74) is 4.31. The van der Waals surface area contributed by atoms with Crippen LogP contribution in [0.4, 0.5) is 0 Å². The fourth-order valence-corrected chi connectivity index (χ4v) is 1.92. The number of rotatable bonds is 6. The summed E-state index contributed by atoms with van der Waals surface area (Å²) in [6.07, 6.45) is 2.62. The zero-order chi connectivity index (χ0) is 16.7. The number of esters is 1. The van der Waals surface area contributed by atoms with Gasteiger partial charge in [0.2, 0.25) is 0 Å². The molecule has 1 aliphatic carbocycles. The first kappa shape index (κ1) is 17.1. The molecule has 23 heavy (non-hydrogen) atoms. The molecule has 0 spiro atoms. The minimum absolute atomic E-state index is 0.0924. The Kier molecular flexibility index (Phi) is 6.22. The van der Waals surface area contributed by atoms with Crippen LogP contribution in [-0.2, 0) is 19.1 Å². The van der Waals surface area contributed by atoms with Crippen LogP contribution in [0.25, 0.3) is 0 Å². The van der Waals surface area contributed by atoms with Crippen LogP contribution >= 0.6 is 11.6 Å². The monoisotopic (exact) mass is 340 g/mol. The van der Waals surface area contributed by atoms with Gasteiger partial charge in [-0.2, -0.15) is 0 Å². The lowest BCUT2D eigenvalue weighted by atomic mass is 9.86. The highest BCUT2D eigenvalue weighted by molar-refractivity contribution is 6.30. The average molecular weight is 341 g/mol. The first-order valence-electron chi connectivity index (χ1n) is 7.17. The van der Waals surface area contributed by atoms with Crippen molar-refractivity contribution < 1.29 is 23.9 Å². The van der Waals surface area contributed by atoms with Crippen LogP contribution in [0.2, 0.25) is 5.02 Å². The molecule has 0 heterocycles. The maximum Gasteiger partial charge on any atom is 0.309 e. The summed E-state index contributed by atoms with van der Waals surface area (Å²) >= 11 is 5.73. The molecule has 1 fully saturated rings. The molecule has 0 atom stereocenters. The summed E-state index contributed by atoms with van der Waals surface area (Å²) in [4.78, 5) is 34.4. The normalized spacial score (nSPS) is 13.6. The van der Waals surface area contributed by atoms with Crippen molar-refractivity contribution in [1.29, 1.82) is 0 Å². The molecule has 0 aliphatic heterocycles. The highest BCUT2D eigenvalue weighted by Gasteiger charge is 2.27. The Labute approximate surface area is 138 Å². The third kappa shape index (κ3) is 5.78. The second kappa shape index (κ2) is 8.38. The highest BCUT2D eigenvalue weighted by Crippen LogP contribution is 2.27. The van der Waals surface area contributed by atoms with E-state index in [-0.39, 0.29) is 18.5 Å². The lowest BCUT2D eigenvalue weighted by Crippen LogP contribution is -2.45. The van der Waals surface area contributed by atoms with Crippen molar-refractivity contribution in [3.05, 3.63) is 29.3 Å². The molecule has 2 amide bonds. The van der Waals surface area contributed by atoms with Gasteiger partial charge in [-0.1, -0.05) is 18.0 Å². The van der Waals surface area contributed by atoms with E-state index >= 15 is 0 Å². The molecule has 124 valence electrons. The molecule has 2 N–H and O–H groups in total. The lowest BCUT2D eigenvalue weighted by molar-refractivity contribution is -0.155. The minimum Gasteiger partial charge on any atom is -0.484 e. The standard InChI is InChI=1S/C15H17ClN2O5/c16-11-4-6-12(7-5-11)22-8-13(19)17-18-14(20)9-23-15(21)10-2-1-3-10/h4-7,10H,1-3,8-9H2,(H,17,19)(H,18,20). The smallest absolute Gasteiger partial charge is 0.309 e. The summed E-state index contributed by atoms with van der Waals surface area (Å²) in [6.45, 7) is -0.697. The maximum absolute atomic E-state index is 11.5. The summed E-state index contributed by atoms with van der Waals surface area (Å²) in [5.74, 6) is -1.14. The Morgan fingerprint density at radius 2 is 1.65 bits per heavy atom. The number of carbonyl (C=O) groups is 3. The molecule has 0 bridgehead atoms. The van der Waals surface area contributed by atoms with Gasteiger partial charge in [0.15, 0.2) is 13.2 Å². The van der Waals surface area contributed by atoms with Gasteiger partial charge >= 0.3 is 5.97 Å². The number of halogens is 1. The molecule has 8 heteroatoms. The quantitative estimate of drug-likeness (QED) is 0.599. The van der Waals surface area contributed by atoms with Crippen molar-refractivity contribution in [3.8, 4) is 5.75 Å². The molecule has 1 aliphatic rings. The molecule has 7 nitrogen and oxygen atoms in total. The van der Waals surface area contributed by atoms with E-state index in [0.717, 1.165) is 19.3 Å². The van der Waals surface area contributed by atoms with Crippen LogP contribution in [0.5, 0.6) is 5.75 Å². The van der Waals surface area contributed by atoms with E-state index in [0.29, 0.717) is 10.8 Å². The SMILES string of the molecule is O=C(COC(=O)C1CCC1)NNC(=O)COc1ccc(Cl)cc1.